The maximum absolute atomic E-state index is 5.34. The second kappa shape index (κ2) is 8.06. The van der Waals surface area contributed by atoms with Crippen LogP contribution < -0.4 is 9.64 Å². The molecule has 31 heavy (non-hydrogen) atoms. The molecular formula is C26H28N4O. The Labute approximate surface area is 183 Å². The SMILES string of the molecule is COc1ccc(-n2cc(-c3ccccc3)c3c(N4CC(C)CC(C)C4)ncnc32)cc1. The number of aromatic nitrogens is 3. The van der Waals surface area contributed by atoms with Crippen molar-refractivity contribution >= 4 is 16.9 Å². The summed E-state index contributed by atoms with van der Waals surface area (Å²) in [6, 6.07) is 18.6. The van der Waals surface area contributed by atoms with Crippen molar-refractivity contribution in [3.63, 3.8) is 0 Å². The van der Waals surface area contributed by atoms with Gasteiger partial charge in [0, 0.05) is 30.5 Å². The normalized spacial score (nSPS) is 19.0. The molecule has 5 heteroatoms. The molecule has 5 rings (SSSR count). The predicted octanol–water partition coefficient (Wildman–Crippen LogP) is 5.58. The highest BCUT2D eigenvalue weighted by Crippen LogP contribution is 2.38. The molecule has 1 saturated heterocycles. The summed E-state index contributed by atoms with van der Waals surface area (Å²) >= 11 is 0. The molecular weight excluding hydrogens is 384 g/mol. The van der Waals surface area contributed by atoms with E-state index in [1.807, 2.05) is 12.1 Å². The summed E-state index contributed by atoms with van der Waals surface area (Å²) in [5.74, 6) is 3.18. The van der Waals surface area contributed by atoms with Gasteiger partial charge in [-0.25, -0.2) is 9.97 Å². The maximum atomic E-state index is 5.34. The number of methoxy groups -OCH3 is 1. The second-order valence-corrected chi connectivity index (χ2v) is 8.72. The van der Waals surface area contributed by atoms with Gasteiger partial charge in [0.25, 0.3) is 0 Å². The van der Waals surface area contributed by atoms with Crippen molar-refractivity contribution in [3.05, 3.63) is 67.1 Å². The van der Waals surface area contributed by atoms with Crippen LogP contribution in [0.3, 0.4) is 0 Å². The van der Waals surface area contributed by atoms with Crippen LogP contribution in [0, 0.1) is 11.8 Å². The third kappa shape index (κ3) is 3.65. The average molecular weight is 413 g/mol. The summed E-state index contributed by atoms with van der Waals surface area (Å²) in [4.78, 5) is 12.0. The first-order valence-corrected chi connectivity index (χ1v) is 10.9. The molecule has 3 heterocycles. The van der Waals surface area contributed by atoms with Gasteiger partial charge >= 0.3 is 0 Å². The zero-order chi connectivity index (χ0) is 21.4. The lowest BCUT2D eigenvalue weighted by Gasteiger charge is -2.36. The first-order valence-electron chi connectivity index (χ1n) is 10.9. The maximum Gasteiger partial charge on any atom is 0.150 e. The molecule has 1 aliphatic rings. The van der Waals surface area contributed by atoms with Crippen LogP contribution in [0.2, 0.25) is 0 Å². The van der Waals surface area contributed by atoms with Gasteiger partial charge in [-0.05, 0) is 48.1 Å². The van der Waals surface area contributed by atoms with Crippen LogP contribution in [-0.2, 0) is 0 Å². The Kier molecular flexibility index (Phi) is 5.10. The van der Waals surface area contributed by atoms with E-state index in [1.54, 1.807) is 13.4 Å². The third-order valence-corrected chi connectivity index (χ3v) is 6.17. The number of anilines is 1. The molecule has 2 aromatic carbocycles. The Morgan fingerprint density at radius 3 is 2.29 bits per heavy atom. The van der Waals surface area contributed by atoms with Crippen LogP contribution in [0.25, 0.3) is 27.8 Å². The number of hydrogen-bond acceptors (Lipinski definition) is 4. The van der Waals surface area contributed by atoms with Crippen molar-refractivity contribution in [2.24, 2.45) is 11.8 Å². The lowest BCUT2D eigenvalue weighted by Crippen LogP contribution is -2.39. The van der Waals surface area contributed by atoms with Crippen molar-refractivity contribution in [1.29, 1.82) is 0 Å². The smallest absolute Gasteiger partial charge is 0.150 e. The monoisotopic (exact) mass is 412 g/mol. The van der Waals surface area contributed by atoms with E-state index >= 15 is 0 Å². The minimum Gasteiger partial charge on any atom is -0.497 e. The summed E-state index contributed by atoms with van der Waals surface area (Å²) < 4.78 is 7.51. The van der Waals surface area contributed by atoms with Gasteiger partial charge in [-0.3, -0.25) is 0 Å². The van der Waals surface area contributed by atoms with Crippen molar-refractivity contribution in [2.45, 2.75) is 20.3 Å². The van der Waals surface area contributed by atoms with Crippen molar-refractivity contribution in [1.82, 2.24) is 14.5 Å². The molecule has 2 aromatic heterocycles. The van der Waals surface area contributed by atoms with Crippen molar-refractivity contribution in [3.8, 4) is 22.6 Å². The average Bonchev–Trinajstić information content (AvgIpc) is 3.19. The minimum absolute atomic E-state index is 0.651. The summed E-state index contributed by atoms with van der Waals surface area (Å²) in [6.07, 6.45) is 5.16. The molecule has 5 nitrogen and oxygen atoms in total. The van der Waals surface area contributed by atoms with E-state index in [0.717, 1.165) is 46.9 Å². The predicted molar refractivity (Wildman–Crippen MR) is 126 cm³/mol. The van der Waals surface area contributed by atoms with Gasteiger partial charge in [0.05, 0.1) is 12.5 Å². The number of hydrogen-bond donors (Lipinski definition) is 0. The molecule has 0 N–H and O–H groups in total. The first kappa shape index (κ1) is 19.6. The molecule has 0 bridgehead atoms. The third-order valence-electron chi connectivity index (χ3n) is 6.17. The molecule has 0 spiro atoms. The van der Waals surface area contributed by atoms with Gasteiger partial charge in [0.1, 0.15) is 17.9 Å². The Bertz CT molecular complexity index is 1170. The summed E-state index contributed by atoms with van der Waals surface area (Å²) in [5, 5.41) is 1.12. The van der Waals surface area contributed by atoms with E-state index in [9.17, 15) is 0 Å². The summed E-state index contributed by atoms with van der Waals surface area (Å²) in [5.41, 5.74) is 4.32. The van der Waals surface area contributed by atoms with E-state index in [2.05, 4.69) is 72.0 Å². The highest BCUT2D eigenvalue weighted by molar-refractivity contribution is 6.02. The quantitative estimate of drug-likeness (QED) is 0.439. The molecule has 2 unspecified atom stereocenters. The number of ether oxygens (including phenoxy) is 1. The van der Waals surface area contributed by atoms with E-state index in [0.29, 0.717) is 11.8 Å². The van der Waals surface area contributed by atoms with Crippen molar-refractivity contribution in [2.75, 3.05) is 25.1 Å². The van der Waals surface area contributed by atoms with E-state index in [1.165, 1.54) is 12.0 Å². The van der Waals surface area contributed by atoms with Crippen LogP contribution in [0.5, 0.6) is 5.75 Å². The zero-order valence-electron chi connectivity index (χ0n) is 18.3. The second-order valence-electron chi connectivity index (χ2n) is 8.72. The molecule has 0 aliphatic carbocycles. The Balaban J connectivity index is 1.73. The number of rotatable bonds is 4. The highest BCUT2D eigenvalue weighted by atomic mass is 16.5. The number of fused-ring (bicyclic) bond motifs is 1. The first-order chi connectivity index (χ1) is 15.1. The van der Waals surface area contributed by atoms with Gasteiger partial charge in [-0.15, -0.1) is 0 Å². The fourth-order valence-electron chi connectivity index (χ4n) is 4.90. The zero-order valence-corrected chi connectivity index (χ0v) is 18.3. The lowest BCUT2D eigenvalue weighted by molar-refractivity contribution is 0.356. The largest absolute Gasteiger partial charge is 0.497 e. The molecule has 0 radical (unpaired) electrons. The summed E-state index contributed by atoms with van der Waals surface area (Å²) in [7, 11) is 1.69. The molecule has 0 saturated carbocycles. The Morgan fingerprint density at radius 2 is 1.61 bits per heavy atom. The van der Waals surface area contributed by atoms with Crippen LogP contribution in [0.1, 0.15) is 20.3 Å². The van der Waals surface area contributed by atoms with Crippen LogP contribution in [-0.4, -0.2) is 34.7 Å². The highest BCUT2D eigenvalue weighted by Gasteiger charge is 2.26. The van der Waals surface area contributed by atoms with Crippen molar-refractivity contribution < 1.29 is 4.74 Å². The Hall–Kier alpha value is -3.34. The molecule has 1 fully saturated rings. The molecule has 2 atom stereocenters. The lowest BCUT2D eigenvalue weighted by atomic mass is 9.91. The van der Waals surface area contributed by atoms with E-state index < -0.39 is 0 Å². The van der Waals surface area contributed by atoms with E-state index in [-0.39, 0.29) is 0 Å². The van der Waals surface area contributed by atoms with Crippen LogP contribution in [0.15, 0.2) is 67.1 Å². The van der Waals surface area contributed by atoms with Crippen LogP contribution >= 0.6 is 0 Å². The molecule has 0 amide bonds. The van der Waals surface area contributed by atoms with Gasteiger partial charge in [0.2, 0.25) is 0 Å². The Morgan fingerprint density at radius 1 is 0.903 bits per heavy atom. The van der Waals surface area contributed by atoms with Crippen LogP contribution in [0.4, 0.5) is 5.82 Å². The number of piperidine rings is 1. The molecule has 4 aromatic rings. The van der Waals surface area contributed by atoms with E-state index in [4.69, 9.17) is 14.7 Å². The van der Waals surface area contributed by atoms with Gasteiger partial charge in [-0.2, -0.15) is 0 Å². The number of benzene rings is 2. The van der Waals surface area contributed by atoms with Gasteiger partial charge in [0.15, 0.2) is 5.65 Å². The topological polar surface area (TPSA) is 43.2 Å². The fraction of sp³-hybridized carbons (Fsp3) is 0.308. The standard InChI is InChI=1S/C26H28N4O/c1-18-13-19(2)15-29(14-18)25-24-23(20-7-5-4-6-8-20)16-30(26(24)28-17-27-25)21-9-11-22(31-3)12-10-21/h4-12,16-19H,13-15H2,1-3H3. The van der Waals surface area contributed by atoms with Gasteiger partial charge < -0.3 is 14.2 Å². The fourth-order valence-corrected chi connectivity index (χ4v) is 4.90. The molecule has 158 valence electrons. The number of nitrogens with zero attached hydrogens (tertiary/aromatic N) is 4. The molecule has 1 aliphatic heterocycles. The minimum atomic E-state index is 0.651. The van der Waals surface area contributed by atoms with Gasteiger partial charge in [-0.1, -0.05) is 44.2 Å². The summed E-state index contributed by atoms with van der Waals surface area (Å²) in [6.45, 7) is 6.72.